The second kappa shape index (κ2) is 7.85. The Labute approximate surface area is 177 Å². The fraction of sp³-hybridized carbons (Fsp3) is 0.238. The van der Waals surface area contributed by atoms with Gasteiger partial charge in [0.1, 0.15) is 0 Å². The van der Waals surface area contributed by atoms with Gasteiger partial charge in [-0.2, -0.15) is 0 Å². The summed E-state index contributed by atoms with van der Waals surface area (Å²) in [6.07, 6.45) is 3.45. The number of aromatic nitrogens is 4. The smallest absolute Gasteiger partial charge is 0.261 e. The quantitative estimate of drug-likeness (QED) is 0.546. The molecule has 1 aromatic carbocycles. The Morgan fingerprint density at radius 1 is 1.23 bits per heavy atom. The van der Waals surface area contributed by atoms with E-state index in [1.165, 1.54) is 11.3 Å². The number of carbonyl (C=O) groups excluding carboxylic acids is 1. The van der Waals surface area contributed by atoms with Gasteiger partial charge >= 0.3 is 0 Å². The summed E-state index contributed by atoms with van der Waals surface area (Å²) in [4.78, 5) is 23.9. The minimum atomic E-state index is -0.256. The Hall–Kier alpha value is -3.30. The van der Waals surface area contributed by atoms with E-state index in [4.69, 9.17) is 9.72 Å². The number of anilines is 2. The number of hydrogen-bond donors (Lipinski definition) is 1. The van der Waals surface area contributed by atoms with Crippen molar-refractivity contribution in [2.45, 2.75) is 6.92 Å². The molecule has 1 aliphatic rings. The highest BCUT2D eigenvalue weighted by Crippen LogP contribution is 2.28. The minimum Gasteiger partial charge on any atom is -0.378 e. The molecule has 4 aromatic rings. The fourth-order valence-electron chi connectivity index (χ4n) is 3.52. The summed E-state index contributed by atoms with van der Waals surface area (Å²) in [6, 6.07) is 9.85. The van der Waals surface area contributed by atoms with E-state index in [0.717, 1.165) is 43.1 Å². The van der Waals surface area contributed by atoms with Crippen LogP contribution in [0.25, 0.3) is 17.0 Å². The lowest BCUT2D eigenvalue weighted by Gasteiger charge is -2.29. The summed E-state index contributed by atoms with van der Waals surface area (Å²) in [5.41, 5.74) is 4.12. The van der Waals surface area contributed by atoms with Crippen LogP contribution in [0.5, 0.6) is 0 Å². The van der Waals surface area contributed by atoms with E-state index in [1.807, 2.05) is 12.3 Å². The second-order valence-electron chi connectivity index (χ2n) is 7.02. The summed E-state index contributed by atoms with van der Waals surface area (Å²) < 4.78 is 7.11. The standard InChI is InChI=1S/C21H20N6O2S/c1-14-4-5-15(26-8-10-29-11-9-26)13-17(14)18-23-19-16(3-2-7-27(19)25-18)20(28)24-21-22-6-12-30-21/h2-7,12-13H,8-11H2,1H3,(H,22,24,28). The van der Waals surface area contributed by atoms with Crippen LogP contribution >= 0.6 is 11.3 Å². The van der Waals surface area contributed by atoms with Crippen LogP contribution in [0.4, 0.5) is 10.8 Å². The zero-order valence-electron chi connectivity index (χ0n) is 16.4. The number of benzene rings is 1. The molecule has 0 aliphatic carbocycles. The van der Waals surface area contributed by atoms with Crippen molar-refractivity contribution in [2.75, 3.05) is 36.5 Å². The van der Waals surface area contributed by atoms with E-state index >= 15 is 0 Å². The highest BCUT2D eigenvalue weighted by molar-refractivity contribution is 7.13. The average Bonchev–Trinajstić information content (AvgIpc) is 3.44. The van der Waals surface area contributed by atoms with Crippen molar-refractivity contribution >= 4 is 33.7 Å². The molecule has 8 nitrogen and oxygen atoms in total. The number of ether oxygens (including phenoxy) is 1. The molecule has 1 N–H and O–H groups in total. The van der Waals surface area contributed by atoms with Gasteiger partial charge in [-0.1, -0.05) is 6.07 Å². The highest BCUT2D eigenvalue weighted by atomic mass is 32.1. The van der Waals surface area contributed by atoms with Crippen LogP contribution in [0.15, 0.2) is 48.1 Å². The van der Waals surface area contributed by atoms with Gasteiger partial charge in [0.2, 0.25) is 0 Å². The number of aryl methyl sites for hydroxylation is 1. The molecule has 0 saturated carbocycles. The molecule has 0 unspecified atom stereocenters. The number of rotatable bonds is 4. The Bertz CT molecular complexity index is 1200. The first-order valence-corrected chi connectivity index (χ1v) is 10.6. The number of morpholine rings is 1. The molecule has 9 heteroatoms. The molecule has 0 bridgehead atoms. The summed E-state index contributed by atoms with van der Waals surface area (Å²) in [5, 5.41) is 9.82. The van der Waals surface area contributed by atoms with Crippen molar-refractivity contribution in [1.82, 2.24) is 19.6 Å². The predicted octanol–water partition coefficient (Wildman–Crippen LogP) is 3.25. The maximum Gasteiger partial charge on any atom is 0.261 e. The Kier molecular flexibility index (Phi) is 4.89. The summed E-state index contributed by atoms with van der Waals surface area (Å²) in [5.74, 6) is 0.338. The normalized spacial score (nSPS) is 14.2. The minimum absolute atomic E-state index is 0.256. The number of pyridine rings is 1. The maximum absolute atomic E-state index is 12.8. The van der Waals surface area contributed by atoms with E-state index < -0.39 is 0 Å². The summed E-state index contributed by atoms with van der Waals surface area (Å²) in [6.45, 7) is 5.23. The topological polar surface area (TPSA) is 84.6 Å². The molecule has 3 aromatic heterocycles. The molecule has 1 saturated heterocycles. The van der Waals surface area contributed by atoms with Gasteiger partial charge in [0, 0.05) is 42.1 Å². The van der Waals surface area contributed by atoms with Crippen LogP contribution in [0.3, 0.4) is 0 Å². The largest absolute Gasteiger partial charge is 0.378 e. The van der Waals surface area contributed by atoms with Crippen molar-refractivity contribution in [2.24, 2.45) is 0 Å². The first-order valence-electron chi connectivity index (χ1n) is 9.69. The summed E-state index contributed by atoms with van der Waals surface area (Å²) >= 11 is 1.37. The number of nitrogens with zero attached hydrogens (tertiary/aromatic N) is 5. The Balaban J connectivity index is 1.52. The third-order valence-electron chi connectivity index (χ3n) is 5.10. The Morgan fingerprint density at radius 3 is 2.90 bits per heavy atom. The first-order chi connectivity index (χ1) is 14.7. The molecule has 0 radical (unpaired) electrons. The van der Waals surface area contributed by atoms with Crippen LogP contribution in [-0.4, -0.2) is 51.8 Å². The number of fused-ring (bicyclic) bond motifs is 1. The lowest BCUT2D eigenvalue weighted by atomic mass is 10.1. The Morgan fingerprint density at radius 2 is 2.10 bits per heavy atom. The number of carbonyl (C=O) groups is 1. The van der Waals surface area contributed by atoms with Gasteiger partial charge in [0.25, 0.3) is 5.91 Å². The zero-order valence-corrected chi connectivity index (χ0v) is 17.2. The van der Waals surface area contributed by atoms with Gasteiger partial charge < -0.3 is 9.64 Å². The van der Waals surface area contributed by atoms with E-state index in [-0.39, 0.29) is 5.91 Å². The molecule has 4 heterocycles. The van der Waals surface area contributed by atoms with Crippen molar-refractivity contribution in [3.05, 3.63) is 59.2 Å². The van der Waals surface area contributed by atoms with Crippen molar-refractivity contribution in [3.63, 3.8) is 0 Å². The maximum atomic E-state index is 12.8. The number of hydrogen-bond acceptors (Lipinski definition) is 7. The van der Waals surface area contributed by atoms with E-state index in [0.29, 0.717) is 22.2 Å². The van der Waals surface area contributed by atoms with E-state index in [2.05, 4.69) is 38.5 Å². The summed E-state index contributed by atoms with van der Waals surface area (Å²) in [7, 11) is 0. The van der Waals surface area contributed by atoms with Gasteiger partial charge in [-0.05, 0) is 36.8 Å². The molecular weight excluding hydrogens is 400 g/mol. The molecule has 0 spiro atoms. The van der Waals surface area contributed by atoms with Crippen LogP contribution in [0.2, 0.25) is 0 Å². The van der Waals surface area contributed by atoms with Gasteiger partial charge in [-0.15, -0.1) is 16.4 Å². The van der Waals surface area contributed by atoms with E-state index in [1.54, 1.807) is 29.0 Å². The van der Waals surface area contributed by atoms with Crippen LogP contribution in [0.1, 0.15) is 15.9 Å². The molecule has 1 amide bonds. The molecule has 0 atom stereocenters. The molecule has 152 valence electrons. The predicted molar refractivity (Wildman–Crippen MR) is 116 cm³/mol. The van der Waals surface area contributed by atoms with Crippen LogP contribution in [-0.2, 0) is 4.74 Å². The third kappa shape index (κ3) is 3.53. The van der Waals surface area contributed by atoms with Gasteiger partial charge in [-0.3, -0.25) is 10.1 Å². The van der Waals surface area contributed by atoms with E-state index in [9.17, 15) is 4.79 Å². The van der Waals surface area contributed by atoms with Gasteiger partial charge in [-0.25, -0.2) is 14.5 Å². The van der Waals surface area contributed by atoms with Crippen molar-refractivity contribution in [3.8, 4) is 11.4 Å². The van der Waals surface area contributed by atoms with Crippen LogP contribution < -0.4 is 10.2 Å². The number of thiazole rings is 1. The molecular formula is C21H20N6O2S. The van der Waals surface area contributed by atoms with Gasteiger partial charge in [0.05, 0.1) is 18.8 Å². The molecule has 5 rings (SSSR count). The molecule has 30 heavy (non-hydrogen) atoms. The highest BCUT2D eigenvalue weighted by Gasteiger charge is 2.18. The molecule has 1 aliphatic heterocycles. The third-order valence-corrected chi connectivity index (χ3v) is 5.79. The second-order valence-corrected chi connectivity index (χ2v) is 7.91. The van der Waals surface area contributed by atoms with Gasteiger partial charge in [0.15, 0.2) is 16.6 Å². The number of nitrogens with one attached hydrogen (secondary N) is 1. The molecule has 1 fully saturated rings. The monoisotopic (exact) mass is 420 g/mol. The lowest BCUT2D eigenvalue weighted by Crippen LogP contribution is -2.36. The first kappa shape index (κ1) is 18.7. The van der Waals surface area contributed by atoms with Crippen LogP contribution in [0, 0.1) is 6.92 Å². The van der Waals surface area contributed by atoms with Crippen molar-refractivity contribution < 1.29 is 9.53 Å². The lowest BCUT2D eigenvalue weighted by molar-refractivity contribution is 0.102. The average molecular weight is 420 g/mol. The van der Waals surface area contributed by atoms with Crippen molar-refractivity contribution in [1.29, 1.82) is 0 Å². The SMILES string of the molecule is Cc1ccc(N2CCOCC2)cc1-c1nc2c(C(=O)Nc3nccs3)cccn2n1. The number of amides is 1. The zero-order chi connectivity index (χ0) is 20.5. The fourth-order valence-corrected chi connectivity index (χ4v) is 4.04.